The lowest BCUT2D eigenvalue weighted by Crippen LogP contribution is -1.88. The summed E-state index contributed by atoms with van der Waals surface area (Å²) in [5, 5.41) is 2.29. The Morgan fingerprint density at radius 1 is 0.500 bits per heavy atom. The lowest BCUT2D eigenvalue weighted by molar-refractivity contribution is 1.18. The fourth-order valence-electron chi connectivity index (χ4n) is 2.42. The van der Waals surface area contributed by atoms with E-state index in [1.807, 2.05) is 24.3 Å². The van der Waals surface area contributed by atoms with E-state index in [1.54, 1.807) is 24.8 Å². The van der Waals surface area contributed by atoms with Gasteiger partial charge in [-0.25, -0.2) is 19.9 Å². The molecule has 2 aromatic heterocycles. The monoisotopic (exact) mass is 284 g/mol. The maximum atomic E-state index is 4.30. The van der Waals surface area contributed by atoms with Crippen molar-refractivity contribution in [3.05, 3.63) is 73.3 Å². The SMILES string of the molecule is c1cnc(-c2ccc3ccc(-c4ncccn4)cc3c2)nc1. The van der Waals surface area contributed by atoms with Crippen LogP contribution in [0.4, 0.5) is 0 Å². The van der Waals surface area contributed by atoms with Crippen LogP contribution in [0.1, 0.15) is 0 Å². The maximum absolute atomic E-state index is 4.30. The molecule has 0 atom stereocenters. The summed E-state index contributed by atoms with van der Waals surface area (Å²) in [6.45, 7) is 0. The number of rotatable bonds is 2. The first-order chi connectivity index (χ1) is 10.9. The average molecular weight is 284 g/mol. The van der Waals surface area contributed by atoms with E-state index in [0.29, 0.717) is 0 Å². The summed E-state index contributed by atoms with van der Waals surface area (Å²) in [5.74, 6) is 1.46. The normalized spacial score (nSPS) is 10.7. The van der Waals surface area contributed by atoms with Gasteiger partial charge in [-0.3, -0.25) is 0 Å². The van der Waals surface area contributed by atoms with Gasteiger partial charge in [0.15, 0.2) is 11.6 Å². The van der Waals surface area contributed by atoms with Crippen LogP contribution in [-0.2, 0) is 0 Å². The first kappa shape index (κ1) is 12.6. The zero-order chi connectivity index (χ0) is 14.8. The van der Waals surface area contributed by atoms with Crippen molar-refractivity contribution in [2.24, 2.45) is 0 Å². The molecule has 0 saturated carbocycles. The average Bonchev–Trinajstić information content (AvgIpc) is 2.62. The third-order valence-corrected chi connectivity index (χ3v) is 3.49. The van der Waals surface area contributed by atoms with Crippen LogP contribution < -0.4 is 0 Å². The van der Waals surface area contributed by atoms with Crippen LogP contribution in [0.2, 0.25) is 0 Å². The maximum Gasteiger partial charge on any atom is 0.159 e. The van der Waals surface area contributed by atoms with E-state index in [2.05, 4.69) is 44.2 Å². The summed E-state index contributed by atoms with van der Waals surface area (Å²) in [6, 6.07) is 16.1. The van der Waals surface area contributed by atoms with Crippen LogP contribution in [-0.4, -0.2) is 19.9 Å². The number of fused-ring (bicyclic) bond motifs is 1. The van der Waals surface area contributed by atoms with Gasteiger partial charge in [-0.2, -0.15) is 0 Å². The Balaban J connectivity index is 1.85. The second-order valence-corrected chi connectivity index (χ2v) is 4.92. The number of benzene rings is 2. The second-order valence-electron chi connectivity index (χ2n) is 4.92. The highest BCUT2D eigenvalue weighted by atomic mass is 14.9. The standard InChI is InChI=1S/C18H12N4/c1-7-19-17(20-8-1)14-5-3-13-4-6-15(12-16(13)11-14)18-21-9-2-10-22-18/h1-12H. The van der Waals surface area contributed by atoms with Gasteiger partial charge < -0.3 is 0 Å². The van der Waals surface area contributed by atoms with E-state index >= 15 is 0 Å². The molecule has 0 aliphatic carbocycles. The first-order valence-corrected chi connectivity index (χ1v) is 6.99. The van der Waals surface area contributed by atoms with Crippen molar-refractivity contribution >= 4 is 10.8 Å². The van der Waals surface area contributed by atoms with Crippen LogP contribution in [0, 0.1) is 0 Å². The van der Waals surface area contributed by atoms with Gasteiger partial charge in [0.25, 0.3) is 0 Å². The smallest absolute Gasteiger partial charge is 0.159 e. The highest BCUT2D eigenvalue weighted by Gasteiger charge is 2.05. The van der Waals surface area contributed by atoms with E-state index in [9.17, 15) is 0 Å². The van der Waals surface area contributed by atoms with Gasteiger partial charge in [-0.15, -0.1) is 0 Å². The molecule has 0 amide bonds. The Kier molecular flexibility index (Phi) is 3.05. The molecule has 4 nitrogen and oxygen atoms in total. The lowest BCUT2D eigenvalue weighted by atomic mass is 10.0. The minimum absolute atomic E-state index is 0.728. The summed E-state index contributed by atoms with van der Waals surface area (Å²) in [4.78, 5) is 17.2. The van der Waals surface area contributed by atoms with Crippen LogP contribution in [0.5, 0.6) is 0 Å². The van der Waals surface area contributed by atoms with Crippen LogP contribution >= 0.6 is 0 Å². The first-order valence-electron chi connectivity index (χ1n) is 6.99. The van der Waals surface area contributed by atoms with Gasteiger partial charge >= 0.3 is 0 Å². The topological polar surface area (TPSA) is 51.6 Å². The third kappa shape index (κ3) is 2.31. The molecule has 0 fully saturated rings. The van der Waals surface area contributed by atoms with E-state index < -0.39 is 0 Å². The van der Waals surface area contributed by atoms with Crippen LogP contribution in [0.25, 0.3) is 33.5 Å². The van der Waals surface area contributed by atoms with Crippen molar-refractivity contribution < 1.29 is 0 Å². The number of hydrogen-bond acceptors (Lipinski definition) is 4. The third-order valence-electron chi connectivity index (χ3n) is 3.49. The molecule has 0 saturated heterocycles. The van der Waals surface area contributed by atoms with Crippen molar-refractivity contribution in [1.82, 2.24) is 19.9 Å². The van der Waals surface area contributed by atoms with Gasteiger partial charge in [-0.1, -0.05) is 24.3 Å². The highest BCUT2D eigenvalue weighted by molar-refractivity contribution is 5.89. The van der Waals surface area contributed by atoms with E-state index in [1.165, 1.54) is 5.39 Å². The fraction of sp³-hybridized carbons (Fsp3) is 0. The molecule has 22 heavy (non-hydrogen) atoms. The summed E-state index contributed by atoms with van der Waals surface area (Å²) < 4.78 is 0. The molecule has 0 N–H and O–H groups in total. The molecule has 2 aromatic carbocycles. The van der Waals surface area contributed by atoms with Gasteiger partial charge in [0.05, 0.1) is 0 Å². The minimum atomic E-state index is 0.728. The molecule has 0 unspecified atom stereocenters. The Bertz CT molecular complexity index is 847. The van der Waals surface area contributed by atoms with E-state index in [4.69, 9.17) is 0 Å². The Morgan fingerprint density at radius 3 is 1.41 bits per heavy atom. The molecule has 0 bridgehead atoms. The van der Waals surface area contributed by atoms with Gasteiger partial charge in [0.2, 0.25) is 0 Å². The van der Waals surface area contributed by atoms with E-state index in [0.717, 1.165) is 28.2 Å². The largest absolute Gasteiger partial charge is 0.237 e. The Hall–Kier alpha value is -3.14. The summed E-state index contributed by atoms with van der Waals surface area (Å²) in [5.41, 5.74) is 2.00. The summed E-state index contributed by atoms with van der Waals surface area (Å²) >= 11 is 0. The molecule has 0 radical (unpaired) electrons. The number of nitrogens with zero attached hydrogens (tertiary/aromatic N) is 4. The molecule has 104 valence electrons. The molecule has 0 spiro atoms. The van der Waals surface area contributed by atoms with Crippen molar-refractivity contribution in [2.75, 3.05) is 0 Å². The molecule has 4 heteroatoms. The quantitative estimate of drug-likeness (QED) is 0.562. The summed E-state index contributed by atoms with van der Waals surface area (Å²) in [6.07, 6.45) is 7.00. The second kappa shape index (κ2) is 5.33. The zero-order valence-electron chi connectivity index (χ0n) is 11.7. The minimum Gasteiger partial charge on any atom is -0.237 e. The fourth-order valence-corrected chi connectivity index (χ4v) is 2.42. The molecular formula is C18H12N4. The predicted molar refractivity (Wildman–Crippen MR) is 86.0 cm³/mol. The van der Waals surface area contributed by atoms with Crippen molar-refractivity contribution in [3.63, 3.8) is 0 Å². The predicted octanol–water partition coefficient (Wildman–Crippen LogP) is 3.75. The van der Waals surface area contributed by atoms with Gasteiger partial charge in [0, 0.05) is 35.9 Å². The lowest BCUT2D eigenvalue weighted by Gasteiger charge is -2.05. The Morgan fingerprint density at radius 2 is 0.955 bits per heavy atom. The number of aromatic nitrogens is 4. The molecule has 4 aromatic rings. The van der Waals surface area contributed by atoms with E-state index in [-0.39, 0.29) is 0 Å². The molecule has 0 aliphatic rings. The zero-order valence-corrected chi connectivity index (χ0v) is 11.7. The molecule has 0 aliphatic heterocycles. The summed E-state index contributed by atoms with van der Waals surface area (Å²) in [7, 11) is 0. The van der Waals surface area contributed by atoms with Crippen LogP contribution in [0.15, 0.2) is 73.3 Å². The highest BCUT2D eigenvalue weighted by Crippen LogP contribution is 2.25. The molecular weight excluding hydrogens is 272 g/mol. The van der Waals surface area contributed by atoms with Gasteiger partial charge in [0.1, 0.15) is 0 Å². The Labute approximate surface area is 127 Å². The van der Waals surface area contributed by atoms with Crippen molar-refractivity contribution in [3.8, 4) is 22.8 Å². The molecule has 2 heterocycles. The van der Waals surface area contributed by atoms with Crippen molar-refractivity contribution in [1.29, 1.82) is 0 Å². The van der Waals surface area contributed by atoms with Crippen LogP contribution in [0.3, 0.4) is 0 Å². The molecule has 4 rings (SSSR count). The van der Waals surface area contributed by atoms with Crippen molar-refractivity contribution in [2.45, 2.75) is 0 Å². The number of hydrogen-bond donors (Lipinski definition) is 0. The van der Waals surface area contributed by atoms with Gasteiger partial charge in [-0.05, 0) is 35.0 Å².